The maximum Gasteiger partial charge on any atom is 0.343 e. The van der Waals surface area contributed by atoms with Gasteiger partial charge in [0.15, 0.2) is 6.10 Å². The van der Waals surface area contributed by atoms with Gasteiger partial charge in [0.05, 0.1) is 18.4 Å². The van der Waals surface area contributed by atoms with Crippen molar-refractivity contribution >= 4 is 28.9 Å². The van der Waals surface area contributed by atoms with Gasteiger partial charge in [-0.15, -0.1) is 0 Å². The molecule has 0 radical (unpaired) electrons. The number of ether oxygens (including phenoxy) is 3. The van der Waals surface area contributed by atoms with Crippen LogP contribution in [-0.2, 0) is 4.79 Å². The van der Waals surface area contributed by atoms with E-state index in [1.54, 1.807) is 55.5 Å². The summed E-state index contributed by atoms with van der Waals surface area (Å²) in [5, 5.41) is 5.98. The second-order valence-electron chi connectivity index (χ2n) is 7.89. The number of rotatable bonds is 9. The summed E-state index contributed by atoms with van der Waals surface area (Å²) in [6, 6.07) is 27.1. The highest BCUT2D eigenvalue weighted by atomic mass is 16.5. The molecule has 0 aromatic heterocycles. The molecule has 4 aromatic rings. The maximum atomic E-state index is 12.4. The van der Waals surface area contributed by atoms with E-state index in [9.17, 15) is 9.59 Å². The summed E-state index contributed by atoms with van der Waals surface area (Å²) >= 11 is 0. The Balaban J connectivity index is 1.29. The van der Waals surface area contributed by atoms with E-state index in [4.69, 9.17) is 14.2 Å². The molecule has 1 amide bonds. The van der Waals surface area contributed by atoms with Crippen LogP contribution in [0.2, 0.25) is 0 Å². The van der Waals surface area contributed by atoms with Gasteiger partial charge in [0.2, 0.25) is 0 Å². The minimum absolute atomic E-state index is 0.375. The lowest BCUT2D eigenvalue weighted by Gasteiger charge is -2.14. The number of benzene rings is 4. The standard InChI is InChI=1S/C29H26N2O5/c1-3-34-24-17-13-23(14-18-24)29(33)36-25-15-11-21(12-16-25)19-30-31-28(32)20(2)35-27-10-6-8-22-7-4-5-9-26(22)27/h4-20H,3H2,1-2H3,(H,31,32)/b30-19-/t20-/m1/s1. The van der Waals surface area contributed by atoms with Crippen molar-refractivity contribution in [3.05, 3.63) is 102 Å². The van der Waals surface area contributed by atoms with E-state index in [0.717, 1.165) is 16.3 Å². The van der Waals surface area contributed by atoms with Crippen molar-refractivity contribution in [1.29, 1.82) is 0 Å². The molecule has 0 heterocycles. The first-order valence-corrected chi connectivity index (χ1v) is 11.6. The predicted octanol–water partition coefficient (Wildman–Crippen LogP) is 5.38. The summed E-state index contributed by atoms with van der Waals surface area (Å²) in [4.78, 5) is 24.8. The molecule has 7 nitrogen and oxygen atoms in total. The Bertz CT molecular complexity index is 1360. The summed E-state index contributed by atoms with van der Waals surface area (Å²) in [5.41, 5.74) is 3.63. The minimum Gasteiger partial charge on any atom is -0.494 e. The van der Waals surface area contributed by atoms with Crippen LogP contribution in [0.25, 0.3) is 10.8 Å². The molecular formula is C29H26N2O5. The first-order chi connectivity index (χ1) is 17.5. The Hall–Kier alpha value is -4.65. The van der Waals surface area contributed by atoms with E-state index in [0.29, 0.717) is 29.4 Å². The van der Waals surface area contributed by atoms with E-state index < -0.39 is 12.1 Å². The second kappa shape index (κ2) is 11.7. The van der Waals surface area contributed by atoms with E-state index in [-0.39, 0.29) is 5.91 Å². The molecule has 0 aliphatic heterocycles. The van der Waals surface area contributed by atoms with Crippen molar-refractivity contribution in [2.24, 2.45) is 5.10 Å². The number of fused-ring (bicyclic) bond motifs is 1. The number of amides is 1. The molecule has 182 valence electrons. The first kappa shape index (κ1) is 24.5. The fraction of sp³-hybridized carbons (Fsp3) is 0.138. The van der Waals surface area contributed by atoms with E-state index in [1.807, 2.05) is 49.4 Å². The lowest BCUT2D eigenvalue weighted by Crippen LogP contribution is -2.33. The summed E-state index contributed by atoms with van der Waals surface area (Å²) in [5.74, 6) is 0.883. The van der Waals surface area contributed by atoms with Crippen LogP contribution in [0.4, 0.5) is 0 Å². The Morgan fingerprint density at radius 3 is 2.33 bits per heavy atom. The summed E-state index contributed by atoms with van der Waals surface area (Å²) in [6.07, 6.45) is 0.762. The number of nitrogens with zero attached hydrogens (tertiary/aromatic N) is 1. The smallest absolute Gasteiger partial charge is 0.343 e. The second-order valence-corrected chi connectivity index (χ2v) is 7.89. The van der Waals surface area contributed by atoms with Crippen LogP contribution in [0.15, 0.2) is 96.1 Å². The Morgan fingerprint density at radius 1 is 0.889 bits per heavy atom. The fourth-order valence-corrected chi connectivity index (χ4v) is 3.45. The molecule has 1 atom stereocenters. The van der Waals surface area contributed by atoms with Gasteiger partial charge in [-0.3, -0.25) is 4.79 Å². The molecule has 0 aliphatic rings. The van der Waals surface area contributed by atoms with Gasteiger partial charge in [0, 0.05) is 5.39 Å². The summed E-state index contributed by atoms with van der Waals surface area (Å²) in [7, 11) is 0. The van der Waals surface area contributed by atoms with Crippen LogP contribution < -0.4 is 19.6 Å². The van der Waals surface area contributed by atoms with Gasteiger partial charge in [-0.1, -0.05) is 36.4 Å². The van der Waals surface area contributed by atoms with Crippen molar-refractivity contribution < 1.29 is 23.8 Å². The quantitative estimate of drug-likeness (QED) is 0.150. The van der Waals surface area contributed by atoms with Crippen molar-refractivity contribution in [2.75, 3.05) is 6.61 Å². The average Bonchev–Trinajstić information content (AvgIpc) is 2.90. The Labute approximate surface area is 209 Å². The predicted molar refractivity (Wildman–Crippen MR) is 139 cm³/mol. The fourth-order valence-electron chi connectivity index (χ4n) is 3.45. The highest BCUT2D eigenvalue weighted by Crippen LogP contribution is 2.26. The van der Waals surface area contributed by atoms with E-state index in [1.165, 1.54) is 6.21 Å². The van der Waals surface area contributed by atoms with Crippen molar-refractivity contribution in [1.82, 2.24) is 5.43 Å². The molecule has 0 unspecified atom stereocenters. The summed E-state index contributed by atoms with van der Waals surface area (Å²) < 4.78 is 16.6. The molecule has 0 saturated carbocycles. The number of carbonyl (C=O) groups is 2. The third-order valence-corrected chi connectivity index (χ3v) is 5.30. The first-order valence-electron chi connectivity index (χ1n) is 11.6. The lowest BCUT2D eigenvalue weighted by molar-refractivity contribution is -0.127. The minimum atomic E-state index is -0.739. The number of nitrogens with one attached hydrogen (secondary N) is 1. The van der Waals surface area contributed by atoms with Crippen molar-refractivity contribution in [3.8, 4) is 17.2 Å². The zero-order valence-corrected chi connectivity index (χ0v) is 20.0. The zero-order chi connectivity index (χ0) is 25.3. The number of hydrogen-bond acceptors (Lipinski definition) is 6. The molecule has 7 heteroatoms. The maximum absolute atomic E-state index is 12.4. The third-order valence-electron chi connectivity index (χ3n) is 5.30. The van der Waals surface area contributed by atoms with Crippen LogP contribution in [0, 0.1) is 0 Å². The molecule has 0 saturated heterocycles. The molecular weight excluding hydrogens is 456 g/mol. The zero-order valence-electron chi connectivity index (χ0n) is 20.0. The number of carbonyl (C=O) groups excluding carboxylic acids is 2. The highest BCUT2D eigenvalue weighted by molar-refractivity contribution is 5.91. The number of hydrogen-bond donors (Lipinski definition) is 1. The molecule has 0 spiro atoms. The van der Waals surface area contributed by atoms with Gasteiger partial charge in [0.25, 0.3) is 5.91 Å². The van der Waals surface area contributed by atoms with Gasteiger partial charge in [0.1, 0.15) is 17.2 Å². The third kappa shape index (κ3) is 6.27. The van der Waals surface area contributed by atoms with Gasteiger partial charge in [-0.2, -0.15) is 5.10 Å². The van der Waals surface area contributed by atoms with Gasteiger partial charge in [-0.05, 0) is 79.4 Å². The van der Waals surface area contributed by atoms with Crippen LogP contribution in [-0.4, -0.2) is 30.8 Å². The summed E-state index contributed by atoms with van der Waals surface area (Å²) in [6.45, 7) is 4.12. The van der Waals surface area contributed by atoms with Crippen LogP contribution in [0.5, 0.6) is 17.2 Å². The van der Waals surface area contributed by atoms with Gasteiger partial charge >= 0.3 is 5.97 Å². The average molecular weight is 483 g/mol. The Morgan fingerprint density at radius 2 is 1.58 bits per heavy atom. The van der Waals surface area contributed by atoms with E-state index >= 15 is 0 Å². The molecule has 1 N–H and O–H groups in total. The molecule has 0 aliphatic carbocycles. The Kier molecular flexibility index (Phi) is 7.93. The van der Waals surface area contributed by atoms with Crippen molar-refractivity contribution in [3.63, 3.8) is 0 Å². The van der Waals surface area contributed by atoms with Crippen molar-refractivity contribution in [2.45, 2.75) is 20.0 Å². The SMILES string of the molecule is CCOc1ccc(C(=O)Oc2ccc(/C=N\NC(=O)[C@@H](C)Oc3cccc4ccccc34)cc2)cc1. The van der Waals surface area contributed by atoms with Gasteiger partial charge in [-0.25, -0.2) is 10.2 Å². The molecule has 4 rings (SSSR count). The molecule has 4 aromatic carbocycles. The van der Waals surface area contributed by atoms with Gasteiger partial charge < -0.3 is 14.2 Å². The van der Waals surface area contributed by atoms with Crippen LogP contribution in [0.3, 0.4) is 0 Å². The largest absolute Gasteiger partial charge is 0.494 e. The van der Waals surface area contributed by atoms with Crippen LogP contribution in [0.1, 0.15) is 29.8 Å². The van der Waals surface area contributed by atoms with Crippen LogP contribution >= 0.6 is 0 Å². The normalized spacial score (nSPS) is 11.7. The topological polar surface area (TPSA) is 86.2 Å². The number of hydrazone groups is 1. The molecule has 36 heavy (non-hydrogen) atoms. The molecule has 0 bridgehead atoms. The highest BCUT2D eigenvalue weighted by Gasteiger charge is 2.15. The molecule has 0 fully saturated rings. The monoisotopic (exact) mass is 482 g/mol. The van der Waals surface area contributed by atoms with E-state index in [2.05, 4.69) is 10.5 Å². The lowest BCUT2D eigenvalue weighted by atomic mass is 10.1. The number of esters is 1.